The van der Waals surface area contributed by atoms with Crippen LogP contribution in [0, 0.1) is 5.92 Å². The van der Waals surface area contributed by atoms with Gasteiger partial charge in [-0.3, -0.25) is 5.32 Å². The Balaban J connectivity index is 1.80. The average Bonchev–Trinajstić information content (AvgIpc) is 2.31. The molecule has 2 aliphatic carbocycles. The van der Waals surface area contributed by atoms with Crippen molar-refractivity contribution in [1.82, 2.24) is 5.32 Å². The monoisotopic (exact) mass is 206 g/mol. The summed E-state index contributed by atoms with van der Waals surface area (Å²) >= 11 is 0. The third-order valence-electron chi connectivity index (χ3n) is 3.48. The van der Waals surface area contributed by atoms with Crippen LogP contribution in [0.25, 0.3) is 0 Å². The van der Waals surface area contributed by atoms with Crippen LogP contribution in [0.5, 0.6) is 0 Å². The van der Waals surface area contributed by atoms with Gasteiger partial charge in [0.1, 0.15) is 0 Å². The van der Waals surface area contributed by atoms with Gasteiger partial charge in [-0.15, -0.1) is 0 Å². The van der Waals surface area contributed by atoms with Crippen LogP contribution < -0.4 is 11.1 Å². The fourth-order valence-corrected chi connectivity index (χ4v) is 2.48. The molecule has 0 amide bonds. The quantitative estimate of drug-likeness (QED) is 0.549. The fourth-order valence-electron chi connectivity index (χ4n) is 2.48. The van der Waals surface area contributed by atoms with Gasteiger partial charge in [0.05, 0.1) is 6.17 Å². The highest BCUT2D eigenvalue weighted by Crippen LogP contribution is 2.20. The van der Waals surface area contributed by atoms with Gasteiger partial charge in [-0.05, 0) is 44.4 Å². The zero-order valence-electron chi connectivity index (χ0n) is 9.36. The Hall–Kier alpha value is -0.600. The highest BCUT2D eigenvalue weighted by molar-refractivity contribution is 5.00. The molecular weight excluding hydrogens is 184 g/mol. The second-order valence-corrected chi connectivity index (χ2v) is 4.70. The predicted molar refractivity (Wildman–Crippen MR) is 64.4 cm³/mol. The summed E-state index contributed by atoms with van der Waals surface area (Å²) in [5.41, 5.74) is 6.20. The van der Waals surface area contributed by atoms with Crippen molar-refractivity contribution in [3.8, 4) is 0 Å². The van der Waals surface area contributed by atoms with E-state index in [1.165, 1.54) is 32.1 Å². The Morgan fingerprint density at radius 1 is 1.13 bits per heavy atom. The maximum atomic E-state index is 6.20. The minimum atomic E-state index is 0.169. The van der Waals surface area contributed by atoms with E-state index in [-0.39, 0.29) is 6.17 Å². The van der Waals surface area contributed by atoms with Crippen LogP contribution in [0.2, 0.25) is 0 Å². The summed E-state index contributed by atoms with van der Waals surface area (Å²) in [5.74, 6) is 0.630. The molecule has 2 rings (SSSR count). The van der Waals surface area contributed by atoms with Gasteiger partial charge in [0.15, 0.2) is 0 Å². The molecule has 2 nitrogen and oxygen atoms in total. The summed E-state index contributed by atoms with van der Waals surface area (Å²) < 4.78 is 0. The Morgan fingerprint density at radius 2 is 2.07 bits per heavy atom. The fraction of sp³-hybridized carbons (Fsp3) is 0.692. The first-order chi connectivity index (χ1) is 7.36. The van der Waals surface area contributed by atoms with Crippen LogP contribution in [0.15, 0.2) is 24.3 Å². The molecule has 3 unspecified atom stereocenters. The summed E-state index contributed by atoms with van der Waals surface area (Å²) in [4.78, 5) is 0. The van der Waals surface area contributed by atoms with Crippen molar-refractivity contribution in [2.75, 3.05) is 0 Å². The number of nitrogens with two attached hydrogens (primary N) is 1. The second kappa shape index (κ2) is 5.47. The molecule has 0 spiro atoms. The zero-order chi connectivity index (χ0) is 10.5. The van der Waals surface area contributed by atoms with E-state index in [1.807, 2.05) is 0 Å². The molecule has 84 valence electrons. The lowest BCUT2D eigenvalue weighted by Gasteiger charge is -2.29. The van der Waals surface area contributed by atoms with Crippen LogP contribution in [-0.2, 0) is 0 Å². The molecule has 15 heavy (non-hydrogen) atoms. The van der Waals surface area contributed by atoms with E-state index in [1.54, 1.807) is 0 Å². The molecule has 3 N–H and O–H groups in total. The van der Waals surface area contributed by atoms with Gasteiger partial charge in [0.25, 0.3) is 0 Å². The number of rotatable bonds is 3. The maximum absolute atomic E-state index is 6.20. The lowest BCUT2D eigenvalue weighted by atomic mass is 9.91. The molecule has 0 fully saturated rings. The minimum Gasteiger partial charge on any atom is -0.316 e. The molecule has 0 radical (unpaired) electrons. The Kier molecular flexibility index (Phi) is 3.98. The first-order valence-corrected chi connectivity index (χ1v) is 6.19. The Morgan fingerprint density at radius 3 is 2.73 bits per heavy atom. The summed E-state index contributed by atoms with van der Waals surface area (Å²) in [6.07, 6.45) is 16.6. The van der Waals surface area contributed by atoms with Crippen molar-refractivity contribution in [3.63, 3.8) is 0 Å². The van der Waals surface area contributed by atoms with Gasteiger partial charge in [-0.1, -0.05) is 24.3 Å². The molecule has 0 saturated carbocycles. The van der Waals surface area contributed by atoms with E-state index in [2.05, 4.69) is 29.6 Å². The van der Waals surface area contributed by atoms with Crippen LogP contribution in [0.3, 0.4) is 0 Å². The molecule has 0 aromatic carbocycles. The van der Waals surface area contributed by atoms with E-state index < -0.39 is 0 Å². The van der Waals surface area contributed by atoms with Crippen molar-refractivity contribution in [2.45, 2.75) is 50.7 Å². The third kappa shape index (κ3) is 3.18. The van der Waals surface area contributed by atoms with Crippen molar-refractivity contribution in [2.24, 2.45) is 11.7 Å². The molecule has 2 aliphatic rings. The smallest absolute Gasteiger partial charge is 0.0583 e. The molecule has 0 heterocycles. The Bertz CT molecular complexity index is 245. The predicted octanol–water partition coefficient (Wildman–Crippen LogP) is 2.33. The standard InChI is InChI=1S/C13H22N2/c14-13(11-7-3-1-4-8-11)15-12-9-5-2-6-10-12/h1,3,5,9,11-13,15H,2,4,6-8,10,14H2. The molecule has 0 saturated heterocycles. The Labute approximate surface area is 92.6 Å². The molecule has 0 aliphatic heterocycles. The van der Waals surface area contributed by atoms with E-state index in [0.29, 0.717) is 12.0 Å². The van der Waals surface area contributed by atoms with Crippen molar-refractivity contribution < 1.29 is 0 Å². The zero-order valence-corrected chi connectivity index (χ0v) is 9.36. The number of hydrogen-bond donors (Lipinski definition) is 2. The van der Waals surface area contributed by atoms with Gasteiger partial charge >= 0.3 is 0 Å². The topological polar surface area (TPSA) is 38.0 Å². The summed E-state index contributed by atoms with van der Waals surface area (Å²) in [6, 6.07) is 0.514. The number of nitrogens with one attached hydrogen (secondary N) is 1. The first kappa shape index (κ1) is 10.9. The van der Waals surface area contributed by atoms with E-state index in [0.717, 1.165) is 6.42 Å². The molecular formula is C13H22N2. The lowest BCUT2D eigenvalue weighted by molar-refractivity contribution is 0.312. The van der Waals surface area contributed by atoms with Crippen molar-refractivity contribution in [3.05, 3.63) is 24.3 Å². The summed E-state index contributed by atoms with van der Waals surface area (Å²) in [5, 5.41) is 3.55. The highest BCUT2D eigenvalue weighted by Gasteiger charge is 2.20. The molecule has 0 aromatic rings. The van der Waals surface area contributed by atoms with Crippen molar-refractivity contribution >= 4 is 0 Å². The largest absolute Gasteiger partial charge is 0.316 e. The van der Waals surface area contributed by atoms with E-state index in [4.69, 9.17) is 5.73 Å². The van der Waals surface area contributed by atoms with Crippen LogP contribution in [-0.4, -0.2) is 12.2 Å². The number of hydrogen-bond acceptors (Lipinski definition) is 2. The highest BCUT2D eigenvalue weighted by atomic mass is 15.1. The van der Waals surface area contributed by atoms with Gasteiger partial charge in [0.2, 0.25) is 0 Å². The van der Waals surface area contributed by atoms with E-state index >= 15 is 0 Å². The second-order valence-electron chi connectivity index (χ2n) is 4.70. The van der Waals surface area contributed by atoms with Crippen LogP contribution in [0.4, 0.5) is 0 Å². The minimum absolute atomic E-state index is 0.169. The van der Waals surface area contributed by atoms with Gasteiger partial charge in [0, 0.05) is 6.04 Å². The number of allylic oxidation sites excluding steroid dienone is 3. The SMILES string of the molecule is NC(NC1C=CCCC1)C1CC=CCC1. The van der Waals surface area contributed by atoms with Crippen LogP contribution >= 0.6 is 0 Å². The molecule has 3 atom stereocenters. The maximum Gasteiger partial charge on any atom is 0.0583 e. The molecule has 2 heteroatoms. The van der Waals surface area contributed by atoms with Crippen molar-refractivity contribution in [1.29, 1.82) is 0 Å². The lowest BCUT2D eigenvalue weighted by Crippen LogP contribution is -2.48. The normalized spacial score (nSPS) is 32.9. The first-order valence-electron chi connectivity index (χ1n) is 6.19. The molecule has 0 bridgehead atoms. The van der Waals surface area contributed by atoms with E-state index in [9.17, 15) is 0 Å². The van der Waals surface area contributed by atoms with Gasteiger partial charge < -0.3 is 5.73 Å². The summed E-state index contributed by atoms with van der Waals surface area (Å²) in [7, 11) is 0. The van der Waals surface area contributed by atoms with Gasteiger partial charge in [-0.25, -0.2) is 0 Å². The van der Waals surface area contributed by atoms with Crippen LogP contribution in [0.1, 0.15) is 38.5 Å². The summed E-state index contributed by atoms with van der Waals surface area (Å²) in [6.45, 7) is 0. The molecule has 0 aromatic heterocycles. The average molecular weight is 206 g/mol. The third-order valence-corrected chi connectivity index (χ3v) is 3.48. The van der Waals surface area contributed by atoms with Gasteiger partial charge in [-0.2, -0.15) is 0 Å².